The number of carbonyl (C=O) groups excluding carboxylic acids is 3. The fraction of sp³-hybridized carbons (Fsp3) is 0.241. The number of rotatable bonds is 9. The Kier molecular flexibility index (Phi) is 7.81. The summed E-state index contributed by atoms with van der Waals surface area (Å²) in [6.07, 6.45) is 3.06. The van der Waals surface area contributed by atoms with Gasteiger partial charge in [0.1, 0.15) is 5.75 Å². The van der Waals surface area contributed by atoms with Gasteiger partial charge in [-0.15, -0.1) is 0 Å². The summed E-state index contributed by atoms with van der Waals surface area (Å²) in [4.78, 5) is 45.4. The molecule has 0 spiro atoms. The van der Waals surface area contributed by atoms with Crippen molar-refractivity contribution in [3.05, 3.63) is 95.0 Å². The number of methoxy groups -OCH3 is 1. The predicted molar refractivity (Wildman–Crippen MR) is 143 cm³/mol. The molecule has 2 aromatic carbocycles. The number of esters is 1. The number of fused-ring (bicyclic) bond motifs is 1. The molecule has 11 nitrogen and oxygen atoms in total. The normalized spacial score (nSPS) is 15.7. The molecule has 206 valence electrons. The van der Waals surface area contributed by atoms with Crippen LogP contribution in [0.2, 0.25) is 0 Å². The summed E-state index contributed by atoms with van der Waals surface area (Å²) >= 11 is 0. The fourth-order valence-electron chi connectivity index (χ4n) is 4.57. The van der Waals surface area contributed by atoms with Crippen LogP contribution in [0.3, 0.4) is 0 Å². The Morgan fingerprint density at radius 3 is 2.50 bits per heavy atom. The van der Waals surface area contributed by atoms with E-state index in [1.807, 2.05) is 6.07 Å². The lowest BCUT2D eigenvalue weighted by Crippen LogP contribution is -2.49. The molecule has 3 heterocycles. The average molecular weight is 545 g/mol. The number of ether oxygens (including phenoxy) is 4. The Hall–Kier alpha value is -5.06. The minimum Gasteiger partial charge on any atom is -0.497 e. The van der Waals surface area contributed by atoms with Crippen LogP contribution in [-0.4, -0.2) is 54.8 Å². The molecule has 2 aliphatic rings. The highest BCUT2D eigenvalue weighted by Crippen LogP contribution is 2.34. The maximum Gasteiger partial charge on any atom is 0.338 e. The SMILES string of the molecule is CCOC(=O)C1=C(CN(Cc2ccc3c(c2)OCO3)C(=O)c2ccncc2)NC(=O)N[C@@H]1c1ccc(OC)cc1. The minimum atomic E-state index is -0.808. The van der Waals surface area contributed by atoms with Crippen LogP contribution in [-0.2, 0) is 16.1 Å². The van der Waals surface area contributed by atoms with E-state index in [9.17, 15) is 14.4 Å². The molecule has 0 fully saturated rings. The number of hydrogen-bond acceptors (Lipinski definition) is 8. The van der Waals surface area contributed by atoms with E-state index in [1.54, 1.807) is 62.6 Å². The zero-order chi connectivity index (χ0) is 28.1. The summed E-state index contributed by atoms with van der Waals surface area (Å²) < 4.78 is 21.5. The number of hydrogen-bond donors (Lipinski definition) is 2. The Labute approximate surface area is 230 Å². The number of aromatic nitrogens is 1. The summed E-state index contributed by atoms with van der Waals surface area (Å²) in [5.41, 5.74) is 2.29. The number of pyridine rings is 1. The van der Waals surface area contributed by atoms with Gasteiger partial charge in [0.25, 0.3) is 5.91 Å². The van der Waals surface area contributed by atoms with Crippen LogP contribution >= 0.6 is 0 Å². The third-order valence-electron chi connectivity index (χ3n) is 6.47. The zero-order valence-electron chi connectivity index (χ0n) is 22.0. The van der Waals surface area contributed by atoms with Gasteiger partial charge in [0.2, 0.25) is 6.79 Å². The first-order valence-electron chi connectivity index (χ1n) is 12.7. The number of amides is 3. The first kappa shape index (κ1) is 26.5. The molecular weight excluding hydrogens is 516 g/mol. The van der Waals surface area contributed by atoms with Crippen LogP contribution in [0, 0.1) is 0 Å². The summed E-state index contributed by atoms with van der Waals surface area (Å²) in [5, 5.41) is 5.56. The maximum absolute atomic E-state index is 13.7. The van der Waals surface area contributed by atoms with Crippen molar-refractivity contribution in [3.63, 3.8) is 0 Å². The highest BCUT2D eigenvalue weighted by Gasteiger charge is 2.35. The average Bonchev–Trinajstić information content (AvgIpc) is 3.45. The monoisotopic (exact) mass is 544 g/mol. The van der Waals surface area contributed by atoms with Gasteiger partial charge in [-0.2, -0.15) is 0 Å². The van der Waals surface area contributed by atoms with Gasteiger partial charge in [-0.05, 0) is 54.4 Å². The molecule has 40 heavy (non-hydrogen) atoms. The van der Waals surface area contributed by atoms with Crippen LogP contribution in [0.15, 0.2) is 78.3 Å². The van der Waals surface area contributed by atoms with Gasteiger partial charge in [-0.3, -0.25) is 9.78 Å². The molecule has 0 saturated carbocycles. The van der Waals surface area contributed by atoms with E-state index in [1.165, 1.54) is 17.3 Å². The highest BCUT2D eigenvalue weighted by molar-refractivity contribution is 5.97. The molecule has 0 saturated heterocycles. The van der Waals surface area contributed by atoms with Crippen molar-refractivity contribution in [2.45, 2.75) is 19.5 Å². The van der Waals surface area contributed by atoms with Crippen LogP contribution in [0.5, 0.6) is 17.2 Å². The van der Waals surface area contributed by atoms with E-state index in [0.717, 1.165) is 5.56 Å². The molecule has 5 rings (SSSR count). The van der Waals surface area contributed by atoms with Crippen LogP contribution in [0.1, 0.15) is 34.5 Å². The molecule has 11 heteroatoms. The number of carbonyl (C=O) groups is 3. The topological polar surface area (TPSA) is 128 Å². The van der Waals surface area contributed by atoms with Crippen molar-refractivity contribution >= 4 is 17.9 Å². The van der Waals surface area contributed by atoms with E-state index in [4.69, 9.17) is 18.9 Å². The molecular formula is C29H28N4O7. The van der Waals surface area contributed by atoms with Gasteiger partial charge in [0, 0.05) is 24.5 Å². The van der Waals surface area contributed by atoms with E-state index in [0.29, 0.717) is 28.4 Å². The quantitative estimate of drug-likeness (QED) is 0.393. The standard InChI is InChI=1S/C29H28N4O7/c1-3-38-28(35)25-22(31-29(36)32-26(25)19-5-7-21(37-2)8-6-19)16-33(27(34)20-10-12-30-13-11-20)15-18-4-9-23-24(14-18)40-17-39-23/h4-14,26H,3,15-17H2,1-2H3,(H2,31,32,36)/t26-/m1/s1. The summed E-state index contributed by atoms with van der Waals surface area (Å²) in [6.45, 7) is 2.04. The Bertz CT molecular complexity index is 1440. The first-order chi connectivity index (χ1) is 19.5. The molecule has 0 unspecified atom stereocenters. The molecule has 3 amide bonds. The van der Waals surface area contributed by atoms with Crippen molar-refractivity contribution in [2.75, 3.05) is 27.1 Å². The zero-order valence-corrected chi connectivity index (χ0v) is 22.0. The van der Waals surface area contributed by atoms with Crippen LogP contribution in [0.25, 0.3) is 0 Å². The first-order valence-corrected chi connectivity index (χ1v) is 12.7. The Morgan fingerprint density at radius 1 is 1.02 bits per heavy atom. The van der Waals surface area contributed by atoms with E-state index < -0.39 is 18.0 Å². The lowest BCUT2D eigenvalue weighted by atomic mass is 9.94. The Morgan fingerprint density at radius 2 is 1.77 bits per heavy atom. The highest BCUT2D eigenvalue weighted by atomic mass is 16.7. The van der Waals surface area contributed by atoms with Gasteiger partial charge in [0.15, 0.2) is 11.5 Å². The third kappa shape index (κ3) is 5.68. The number of nitrogens with zero attached hydrogens (tertiary/aromatic N) is 2. The van der Waals surface area contributed by atoms with Crippen LogP contribution in [0.4, 0.5) is 4.79 Å². The second-order valence-electron chi connectivity index (χ2n) is 9.00. The molecule has 3 aromatic rings. The van der Waals surface area contributed by atoms with Gasteiger partial charge in [0.05, 0.1) is 37.6 Å². The third-order valence-corrected chi connectivity index (χ3v) is 6.47. The summed E-state index contributed by atoms with van der Waals surface area (Å²) in [6, 6.07) is 14.3. The predicted octanol–water partition coefficient (Wildman–Crippen LogP) is 3.33. The molecule has 2 N–H and O–H groups in total. The summed E-state index contributed by atoms with van der Waals surface area (Å²) in [7, 11) is 1.55. The van der Waals surface area contributed by atoms with Gasteiger partial charge < -0.3 is 34.5 Å². The molecule has 1 aromatic heterocycles. The smallest absolute Gasteiger partial charge is 0.338 e. The molecule has 1 atom stereocenters. The van der Waals surface area contributed by atoms with Crippen molar-refractivity contribution in [1.29, 1.82) is 0 Å². The largest absolute Gasteiger partial charge is 0.497 e. The van der Waals surface area contributed by atoms with Crippen molar-refractivity contribution in [1.82, 2.24) is 20.5 Å². The number of benzene rings is 2. The van der Waals surface area contributed by atoms with Crippen LogP contribution < -0.4 is 24.8 Å². The van der Waals surface area contributed by atoms with Crippen molar-refractivity contribution < 1.29 is 33.3 Å². The molecule has 0 bridgehead atoms. The van der Waals surface area contributed by atoms with E-state index >= 15 is 0 Å². The van der Waals surface area contributed by atoms with E-state index in [2.05, 4.69) is 15.6 Å². The van der Waals surface area contributed by atoms with Gasteiger partial charge in [-0.25, -0.2) is 9.59 Å². The fourth-order valence-corrected chi connectivity index (χ4v) is 4.57. The van der Waals surface area contributed by atoms with Gasteiger partial charge >= 0.3 is 12.0 Å². The number of urea groups is 1. The second-order valence-corrected chi connectivity index (χ2v) is 9.00. The molecule has 2 aliphatic heterocycles. The van der Waals surface area contributed by atoms with Crippen molar-refractivity contribution in [3.8, 4) is 17.2 Å². The van der Waals surface area contributed by atoms with E-state index in [-0.39, 0.29) is 43.7 Å². The molecule has 0 aliphatic carbocycles. The summed E-state index contributed by atoms with van der Waals surface area (Å²) in [5.74, 6) is 0.907. The lowest BCUT2D eigenvalue weighted by Gasteiger charge is -2.32. The Balaban J connectivity index is 1.55. The number of nitrogens with one attached hydrogen (secondary N) is 2. The second kappa shape index (κ2) is 11.8. The lowest BCUT2D eigenvalue weighted by molar-refractivity contribution is -0.139. The molecule has 0 radical (unpaired) electrons. The maximum atomic E-state index is 13.7. The minimum absolute atomic E-state index is 0.0795. The van der Waals surface area contributed by atoms with Gasteiger partial charge in [-0.1, -0.05) is 18.2 Å². The van der Waals surface area contributed by atoms with Crippen molar-refractivity contribution in [2.24, 2.45) is 0 Å².